The van der Waals surface area contributed by atoms with Crippen molar-refractivity contribution < 1.29 is 14.4 Å². The number of ketones is 1. The maximum Gasteiger partial charge on any atom is 0.242 e. The van der Waals surface area contributed by atoms with Crippen LogP contribution in [-0.2, 0) is 9.59 Å². The van der Waals surface area contributed by atoms with Gasteiger partial charge in [0.15, 0.2) is 5.78 Å². The summed E-state index contributed by atoms with van der Waals surface area (Å²) < 4.78 is 0. The number of likely N-dealkylation sites (N-methyl/N-ethyl adjacent to an activating group) is 1. The fourth-order valence-electron chi connectivity index (χ4n) is 1.99. The summed E-state index contributed by atoms with van der Waals surface area (Å²) in [6, 6.07) is 4.93. The Kier molecular flexibility index (Phi) is 6.76. The Morgan fingerprint density at radius 2 is 1.77 bits per heavy atom. The minimum Gasteiger partial charge on any atom is -0.355 e. The molecule has 0 aliphatic rings. The lowest BCUT2D eigenvalue weighted by molar-refractivity contribution is -0.128. The Morgan fingerprint density at radius 1 is 1.09 bits per heavy atom. The molecule has 5 heteroatoms. The number of amides is 2. The van der Waals surface area contributed by atoms with Gasteiger partial charge in [0.05, 0.1) is 0 Å². The third-order valence-corrected chi connectivity index (χ3v) is 3.53. The second kappa shape index (κ2) is 8.32. The molecule has 1 atom stereocenters. The molecule has 0 fully saturated rings. The third kappa shape index (κ3) is 5.31. The molecule has 0 heterocycles. The Bertz CT molecular complexity index is 567. The topological polar surface area (TPSA) is 75.3 Å². The van der Waals surface area contributed by atoms with Crippen molar-refractivity contribution in [2.24, 2.45) is 0 Å². The van der Waals surface area contributed by atoms with E-state index >= 15 is 0 Å². The molecule has 1 aromatic rings. The van der Waals surface area contributed by atoms with E-state index in [9.17, 15) is 14.4 Å². The molecule has 1 unspecified atom stereocenters. The molecule has 0 saturated carbocycles. The molecule has 0 bridgehead atoms. The van der Waals surface area contributed by atoms with Crippen LogP contribution in [0.15, 0.2) is 18.2 Å². The summed E-state index contributed by atoms with van der Waals surface area (Å²) in [5.41, 5.74) is 2.80. The number of Topliss-reactive ketones (excluding diaryl/α,β-unsaturated/α-hetero) is 1. The Balaban J connectivity index is 2.48. The van der Waals surface area contributed by atoms with Crippen LogP contribution in [0.1, 0.15) is 48.2 Å². The maximum atomic E-state index is 12.1. The number of carbonyl (C=O) groups excluding carboxylic acids is 3. The average Bonchev–Trinajstić information content (AvgIpc) is 2.47. The standard InChI is InChI=1S/C17H24N2O3/c1-5-18-17(22)13(4)19-16(21)9-8-15(20)14-7-6-11(2)12(3)10-14/h6-7,10,13H,5,8-9H2,1-4H3,(H,18,22)(H,19,21). The SMILES string of the molecule is CCNC(=O)C(C)NC(=O)CCC(=O)c1ccc(C)c(C)c1. The van der Waals surface area contributed by atoms with Crippen LogP contribution in [0, 0.1) is 13.8 Å². The molecule has 22 heavy (non-hydrogen) atoms. The lowest BCUT2D eigenvalue weighted by atomic mass is 10.0. The summed E-state index contributed by atoms with van der Waals surface area (Å²) in [6.07, 6.45) is 0.214. The molecular weight excluding hydrogens is 280 g/mol. The van der Waals surface area contributed by atoms with Crippen molar-refractivity contribution in [1.82, 2.24) is 10.6 Å². The van der Waals surface area contributed by atoms with Gasteiger partial charge in [-0.1, -0.05) is 12.1 Å². The van der Waals surface area contributed by atoms with Gasteiger partial charge in [-0.05, 0) is 44.9 Å². The molecule has 1 rings (SSSR count). The first-order valence-corrected chi connectivity index (χ1v) is 7.52. The Morgan fingerprint density at radius 3 is 2.36 bits per heavy atom. The van der Waals surface area contributed by atoms with Crippen molar-refractivity contribution in [3.8, 4) is 0 Å². The van der Waals surface area contributed by atoms with E-state index in [4.69, 9.17) is 0 Å². The van der Waals surface area contributed by atoms with Crippen LogP contribution < -0.4 is 10.6 Å². The van der Waals surface area contributed by atoms with E-state index in [1.54, 1.807) is 13.0 Å². The van der Waals surface area contributed by atoms with E-state index < -0.39 is 6.04 Å². The van der Waals surface area contributed by atoms with Gasteiger partial charge < -0.3 is 10.6 Å². The van der Waals surface area contributed by atoms with Gasteiger partial charge in [0, 0.05) is 24.9 Å². The van der Waals surface area contributed by atoms with Gasteiger partial charge >= 0.3 is 0 Å². The first-order valence-electron chi connectivity index (χ1n) is 7.52. The highest BCUT2D eigenvalue weighted by atomic mass is 16.2. The summed E-state index contributed by atoms with van der Waals surface area (Å²) in [6.45, 7) is 7.89. The van der Waals surface area contributed by atoms with E-state index in [1.165, 1.54) is 0 Å². The average molecular weight is 304 g/mol. The Labute approximate surface area is 131 Å². The zero-order valence-electron chi connectivity index (χ0n) is 13.7. The van der Waals surface area contributed by atoms with E-state index in [2.05, 4.69) is 10.6 Å². The molecule has 0 aromatic heterocycles. The first-order chi connectivity index (χ1) is 10.3. The van der Waals surface area contributed by atoms with Crippen molar-refractivity contribution in [2.75, 3.05) is 6.54 Å². The van der Waals surface area contributed by atoms with E-state index in [1.807, 2.05) is 32.9 Å². The first kappa shape index (κ1) is 17.9. The van der Waals surface area contributed by atoms with Crippen molar-refractivity contribution in [3.05, 3.63) is 34.9 Å². The molecule has 120 valence electrons. The summed E-state index contributed by atoms with van der Waals surface area (Å²) in [7, 11) is 0. The number of hydrogen-bond acceptors (Lipinski definition) is 3. The van der Waals surface area contributed by atoms with Gasteiger partial charge in [0.25, 0.3) is 0 Å². The molecule has 2 amide bonds. The number of benzene rings is 1. The summed E-state index contributed by atoms with van der Waals surface area (Å²) in [4.78, 5) is 35.4. The van der Waals surface area contributed by atoms with E-state index in [0.717, 1.165) is 11.1 Å². The highest BCUT2D eigenvalue weighted by Crippen LogP contribution is 2.12. The summed E-state index contributed by atoms with van der Waals surface area (Å²) in [5.74, 6) is -0.587. The molecule has 0 radical (unpaired) electrons. The molecule has 0 aliphatic heterocycles. The van der Waals surface area contributed by atoms with Crippen LogP contribution in [0.4, 0.5) is 0 Å². The fraction of sp³-hybridized carbons (Fsp3) is 0.471. The highest BCUT2D eigenvalue weighted by Gasteiger charge is 2.16. The van der Waals surface area contributed by atoms with Gasteiger partial charge in [-0.25, -0.2) is 0 Å². The monoisotopic (exact) mass is 304 g/mol. The van der Waals surface area contributed by atoms with Crippen LogP contribution in [0.3, 0.4) is 0 Å². The van der Waals surface area contributed by atoms with E-state index in [0.29, 0.717) is 12.1 Å². The van der Waals surface area contributed by atoms with Crippen LogP contribution in [0.2, 0.25) is 0 Å². The van der Waals surface area contributed by atoms with Crippen LogP contribution in [-0.4, -0.2) is 30.2 Å². The number of hydrogen-bond donors (Lipinski definition) is 2. The molecule has 0 spiro atoms. The van der Waals surface area contributed by atoms with Crippen LogP contribution in [0.25, 0.3) is 0 Å². The fourth-order valence-corrected chi connectivity index (χ4v) is 1.99. The second-order valence-corrected chi connectivity index (χ2v) is 5.41. The van der Waals surface area contributed by atoms with Crippen LogP contribution in [0.5, 0.6) is 0 Å². The molecule has 2 N–H and O–H groups in total. The van der Waals surface area contributed by atoms with Gasteiger partial charge in [0.2, 0.25) is 11.8 Å². The predicted molar refractivity (Wildman–Crippen MR) is 85.8 cm³/mol. The molecule has 0 aliphatic carbocycles. The van der Waals surface area contributed by atoms with E-state index in [-0.39, 0.29) is 30.4 Å². The quantitative estimate of drug-likeness (QED) is 0.756. The third-order valence-electron chi connectivity index (χ3n) is 3.53. The Hall–Kier alpha value is -2.17. The smallest absolute Gasteiger partial charge is 0.242 e. The predicted octanol–water partition coefficient (Wildman–Crippen LogP) is 1.91. The number of rotatable bonds is 7. The second-order valence-electron chi connectivity index (χ2n) is 5.41. The van der Waals surface area contributed by atoms with Crippen molar-refractivity contribution in [3.63, 3.8) is 0 Å². The summed E-state index contributed by atoms with van der Waals surface area (Å²) >= 11 is 0. The maximum absolute atomic E-state index is 12.1. The number of carbonyl (C=O) groups is 3. The van der Waals surface area contributed by atoms with Gasteiger partial charge in [-0.15, -0.1) is 0 Å². The highest BCUT2D eigenvalue weighted by molar-refractivity contribution is 5.98. The lowest BCUT2D eigenvalue weighted by Gasteiger charge is -2.13. The summed E-state index contributed by atoms with van der Waals surface area (Å²) in [5, 5.41) is 5.22. The molecule has 0 saturated heterocycles. The number of nitrogens with one attached hydrogen (secondary N) is 2. The van der Waals surface area contributed by atoms with Crippen molar-refractivity contribution in [1.29, 1.82) is 0 Å². The van der Waals surface area contributed by atoms with Gasteiger partial charge in [-0.2, -0.15) is 0 Å². The zero-order chi connectivity index (χ0) is 16.7. The van der Waals surface area contributed by atoms with Gasteiger partial charge in [-0.3, -0.25) is 14.4 Å². The minimum absolute atomic E-state index is 0.0658. The van der Waals surface area contributed by atoms with Crippen molar-refractivity contribution >= 4 is 17.6 Å². The minimum atomic E-state index is -0.593. The molecule has 5 nitrogen and oxygen atoms in total. The van der Waals surface area contributed by atoms with Crippen LogP contribution >= 0.6 is 0 Å². The largest absolute Gasteiger partial charge is 0.355 e. The lowest BCUT2D eigenvalue weighted by Crippen LogP contribution is -2.44. The zero-order valence-corrected chi connectivity index (χ0v) is 13.7. The van der Waals surface area contributed by atoms with Gasteiger partial charge in [0.1, 0.15) is 6.04 Å². The molecular formula is C17H24N2O3. The molecule has 1 aromatic carbocycles. The van der Waals surface area contributed by atoms with Crippen molar-refractivity contribution in [2.45, 2.75) is 46.6 Å². The number of aryl methyl sites for hydroxylation is 2. The normalized spacial score (nSPS) is 11.6.